The number of aliphatic carboxylic acids is 1. The normalized spacial score (nSPS) is 19.4. The highest BCUT2D eigenvalue weighted by molar-refractivity contribution is 5.78. The minimum atomic E-state index is -0.805. The third kappa shape index (κ3) is 1.21. The van der Waals surface area contributed by atoms with Gasteiger partial charge in [0.2, 0.25) is 5.95 Å². The number of aryl methyl sites for hydroxylation is 2. The molecular formula is C9H11N3O2. The first-order chi connectivity index (χ1) is 6.59. The number of nitrogens with two attached hydrogens (primary N) is 1. The van der Waals surface area contributed by atoms with Crippen LogP contribution in [0.25, 0.3) is 0 Å². The van der Waals surface area contributed by atoms with Gasteiger partial charge in [-0.05, 0) is 19.8 Å². The van der Waals surface area contributed by atoms with Gasteiger partial charge in [-0.15, -0.1) is 0 Å². The van der Waals surface area contributed by atoms with Gasteiger partial charge in [0.25, 0.3) is 0 Å². The van der Waals surface area contributed by atoms with Gasteiger partial charge in [0, 0.05) is 11.3 Å². The van der Waals surface area contributed by atoms with E-state index in [1.54, 1.807) is 6.92 Å². The molecule has 74 valence electrons. The highest BCUT2D eigenvalue weighted by Crippen LogP contribution is 2.33. The lowest BCUT2D eigenvalue weighted by atomic mass is 10.0. The number of fused-ring (bicyclic) bond motifs is 1. The summed E-state index contributed by atoms with van der Waals surface area (Å²) in [5.41, 5.74) is 7.73. The third-order valence-electron chi connectivity index (χ3n) is 2.55. The number of aromatic nitrogens is 2. The fraction of sp³-hybridized carbons (Fsp3) is 0.444. The predicted octanol–water partition coefficient (Wildman–Crippen LogP) is 0.482. The summed E-state index contributed by atoms with van der Waals surface area (Å²) >= 11 is 0. The molecule has 3 N–H and O–H groups in total. The van der Waals surface area contributed by atoms with Crippen molar-refractivity contribution in [2.45, 2.75) is 25.7 Å². The highest BCUT2D eigenvalue weighted by Gasteiger charge is 2.31. The Morgan fingerprint density at radius 3 is 2.93 bits per heavy atom. The summed E-state index contributed by atoms with van der Waals surface area (Å²) in [5.74, 6) is -1.03. The maximum Gasteiger partial charge on any atom is 0.311 e. The molecule has 0 aliphatic heterocycles. The first kappa shape index (κ1) is 8.93. The molecule has 0 aromatic carbocycles. The zero-order valence-corrected chi connectivity index (χ0v) is 7.82. The highest BCUT2D eigenvalue weighted by atomic mass is 16.4. The fourth-order valence-corrected chi connectivity index (χ4v) is 1.98. The number of nitrogen functional groups attached to an aromatic ring is 1. The van der Waals surface area contributed by atoms with E-state index >= 15 is 0 Å². The molecule has 0 amide bonds. The largest absolute Gasteiger partial charge is 0.481 e. The first-order valence-corrected chi connectivity index (χ1v) is 4.45. The van der Waals surface area contributed by atoms with Crippen molar-refractivity contribution in [1.82, 2.24) is 9.97 Å². The molecule has 0 radical (unpaired) electrons. The van der Waals surface area contributed by atoms with E-state index in [2.05, 4.69) is 9.97 Å². The van der Waals surface area contributed by atoms with Crippen molar-refractivity contribution >= 4 is 11.9 Å². The maximum absolute atomic E-state index is 10.9. The lowest BCUT2D eigenvalue weighted by Crippen LogP contribution is -2.11. The molecule has 1 atom stereocenters. The van der Waals surface area contributed by atoms with Crippen LogP contribution in [-0.2, 0) is 11.2 Å². The molecule has 0 bridgehead atoms. The van der Waals surface area contributed by atoms with Crippen LogP contribution in [0.2, 0.25) is 0 Å². The summed E-state index contributed by atoms with van der Waals surface area (Å²) in [6.07, 6.45) is 1.28. The van der Waals surface area contributed by atoms with E-state index in [9.17, 15) is 4.79 Å². The van der Waals surface area contributed by atoms with Crippen molar-refractivity contribution in [3.63, 3.8) is 0 Å². The van der Waals surface area contributed by atoms with Crippen molar-refractivity contribution < 1.29 is 9.90 Å². The Morgan fingerprint density at radius 1 is 1.57 bits per heavy atom. The SMILES string of the molecule is Cc1nc(N)nc2c1C(C(=O)O)CC2. The zero-order chi connectivity index (χ0) is 10.3. The molecule has 0 saturated carbocycles. The lowest BCUT2D eigenvalue weighted by molar-refractivity contribution is -0.138. The third-order valence-corrected chi connectivity index (χ3v) is 2.55. The molecule has 0 fully saturated rings. The van der Waals surface area contributed by atoms with E-state index < -0.39 is 11.9 Å². The average molecular weight is 193 g/mol. The van der Waals surface area contributed by atoms with Crippen molar-refractivity contribution in [2.24, 2.45) is 0 Å². The van der Waals surface area contributed by atoms with Gasteiger partial charge < -0.3 is 10.8 Å². The molecule has 0 spiro atoms. The van der Waals surface area contributed by atoms with Crippen molar-refractivity contribution in [1.29, 1.82) is 0 Å². The monoisotopic (exact) mass is 193 g/mol. The standard InChI is InChI=1S/C9H11N3O2/c1-4-7-5(8(13)14)2-3-6(7)12-9(10)11-4/h5H,2-3H2,1H3,(H,13,14)(H2,10,11,12). The number of rotatable bonds is 1. The van der Waals surface area contributed by atoms with Crippen molar-refractivity contribution in [2.75, 3.05) is 5.73 Å². The summed E-state index contributed by atoms with van der Waals surface area (Å²) in [6, 6.07) is 0. The number of carbonyl (C=O) groups is 1. The van der Waals surface area contributed by atoms with Crippen molar-refractivity contribution in [3.8, 4) is 0 Å². The Kier molecular flexibility index (Phi) is 1.87. The first-order valence-electron chi connectivity index (χ1n) is 4.45. The average Bonchev–Trinajstić information content (AvgIpc) is 2.47. The van der Waals surface area contributed by atoms with E-state index in [0.717, 1.165) is 11.3 Å². The molecule has 1 aromatic rings. The zero-order valence-electron chi connectivity index (χ0n) is 7.82. The van der Waals surface area contributed by atoms with Gasteiger partial charge in [0.15, 0.2) is 0 Å². The Bertz CT molecular complexity index is 403. The minimum absolute atomic E-state index is 0.229. The van der Waals surface area contributed by atoms with Gasteiger partial charge in [-0.1, -0.05) is 0 Å². The van der Waals surface area contributed by atoms with Crippen LogP contribution in [0.5, 0.6) is 0 Å². The minimum Gasteiger partial charge on any atom is -0.481 e. The van der Waals surface area contributed by atoms with Gasteiger partial charge in [-0.2, -0.15) is 0 Å². The molecular weight excluding hydrogens is 182 g/mol. The second-order valence-electron chi connectivity index (χ2n) is 3.46. The molecule has 2 rings (SSSR count). The van der Waals surface area contributed by atoms with E-state index in [1.165, 1.54) is 0 Å². The van der Waals surface area contributed by atoms with Crippen LogP contribution in [0.4, 0.5) is 5.95 Å². The second kappa shape index (κ2) is 2.94. The van der Waals surface area contributed by atoms with Crippen LogP contribution in [0.15, 0.2) is 0 Å². The maximum atomic E-state index is 10.9. The van der Waals surface area contributed by atoms with E-state index in [4.69, 9.17) is 10.8 Å². The molecule has 1 aliphatic rings. The van der Waals surface area contributed by atoms with Crippen LogP contribution in [0.3, 0.4) is 0 Å². The summed E-state index contributed by atoms with van der Waals surface area (Å²) in [7, 11) is 0. The summed E-state index contributed by atoms with van der Waals surface area (Å²) < 4.78 is 0. The number of anilines is 1. The number of carboxylic acids is 1. The summed E-state index contributed by atoms with van der Waals surface area (Å²) in [6.45, 7) is 1.78. The molecule has 1 heterocycles. The Morgan fingerprint density at radius 2 is 2.29 bits per heavy atom. The number of carboxylic acid groups (broad SMARTS) is 1. The van der Waals surface area contributed by atoms with Gasteiger partial charge in [0.05, 0.1) is 11.6 Å². The molecule has 14 heavy (non-hydrogen) atoms. The van der Waals surface area contributed by atoms with Gasteiger partial charge >= 0.3 is 5.97 Å². The molecule has 1 aliphatic carbocycles. The lowest BCUT2D eigenvalue weighted by Gasteiger charge is -2.08. The van der Waals surface area contributed by atoms with E-state index in [-0.39, 0.29) is 5.95 Å². The summed E-state index contributed by atoms with van der Waals surface area (Å²) in [5, 5.41) is 8.97. The van der Waals surface area contributed by atoms with Crippen LogP contribution in [-0.4, -0.2) is 21.0 Å². The summed E-state index contributed by atoms with van der Waals surface area (Å²) in [4.78, 5) is 18.9. The topological polar surface area (TPSA) is 89.1 Å². The molecule has 5 heteroatoms. The number of hydrogen-bond donors (Lipinski definition) is 2. The van der Waals surface area contributed by atoms with E-state index in [0.29, 0.717) is 18.5 Å². The Labute approximate surface area is 81.0 Å². The Balaban J connectivity index is 2.54. The van der Waals surface area contributed by atoms with Crippen LogP contribution >= 0.6 is 0 Å². The molecule has 1 aromatic heterocycles. The molecule has 5 nitrogen and oxygen atoms in total. The van der Waals surface area contributed by atoms with E-state index in [1.807, 2.05) is 0 Å². The fourth-order valence-electron chi connectivity index (χ4n) is 1.98. The quantitative estimate of drug-likeness (QED) is 0.677. The predicted molar refractivity (Wildman–Crippen MR) is 49.9 cm³/mol. The van der Waals surface area contributed by atoms with Crippen LogP contribution in [0.1, 0.15) is 29.3 Å². The molecule has 0 saturated heterocycles. The number of hydrogen-bond acceptors (Lipinski definition) is 4. The smallest absolute Gasteiger partial charge is 0.311 e. The van der Waals surface area contributed by atoms with Gasteiger partial charge in [-0.3, -0.25) is 4.79 Å². The van der Waals surface area contributed by atoms with Crippen molar-refractivity contribution in [3.05, 3.63) is 17.0 Å². The number of nitrogens with zero attached hydrogens (tertiary/aromatic N) is 2. The van der Waals surface area contributed by atoms with Crippen LogP contribution < -0.4 is 5.73 Å². The van der Waals surface area contributed by atoms with Gasteiger partial charge in [-0.25, -0.2) is 9.97 Å². The Hall–Kier alpha value is -1.65. The molecule has 1 unspecified atom stereocenters. The second-order valence-corrected chi connectivity index (χ2v) is 3.46. The van der Waals surface area contributed by atoms with Gasteiger partial charge in [0.1, 0.15) is 0 Å². The van der Waals surface area contributed by atoms with Crippen LogP contribution in [0, 0.1) is 6.92 Å².